The summed E-state index contributed by atoms with van der Waals surface area (Å²) in [7, 11) is 1.91. The van der Waals surface area contributed by atoms with Gasteiger partial charge in [0.05, 0.1) is 6.54 Å². The summed E-state index contributed by atoms with van der Waals surface area (Å²) in [6, 6.07) is 0.308. The predicted octanol–water partition coefficient (Wildman–Crippen LogP) is 0.209. The third-order valence-electron chi connectivity index (χ3n) is 3.88. The Morgan fingerprint density at radius 3 is 2.89 bits per heavy atom. The predicted molar refractivity (Wildman–Crippen MR) is 69.1 cm³/mol. The zero-order valence-corrected chi connectivity index (χ0v) is 11.2. The van der Waals surface area contributed by atoms with Crippen molar-refractivity contribution in [1.29, 1.82) is 0 Å². The van der Waals surface area contributed by atoms with Gasteiger partial charge in [0.1, 0.15) is 0 Å². The normalized spacial score (nSPS) is 24.7. The molecule has 2 rings (SSSR count). The maximum absolute atomic E-state index is 12.2. The molecule has 2 aliphatic rings. The van der Waals surface area contributed by atoms with Crippen LogP contribution in [0.25, 0.3) is 0 Å². The number of hydrogen-bond acceptors (Lipinski definition) is 3. The number of carbonyl (C=O) groups excluding carboxylic acids is 2. The van der Waals surface area contributed by atoms with E-state index in [9.17, 15) is 9.59 Å². The van der Waals surface area contributed by atoms with Gasteiger partial charge in [0.25, 0.3) is 0 Å². The molecule has 2 saturated heterocycles. The van der Waals surface area contributed by atoms with Gasteiger partial charge >= 0.3 is 0 Å². The molecule has 0 bridgehead atoms. The first-order valence-electron chi connectivity index (χ1n) is 6.94. The molecule has 102 valence electrons. The lowest BCUT2D eigenvalue weighted by Gasteiger charge is -2.30. The number of likely N-dealkylation sites (N-methyl/N-ethyl adjacent to an activating group) is 1. The molecular weight excluding hydrogens is 230 g/mol. The summed E-state index contributed by atoms with van der Waals surface area (Å²) < 4.78 is 0. The first-order chi connectivity index (χ1) is 8.72. The van der Waals surface area contributed by atoms with Crippen LogP contribution in [0, 0.1) is 0 Å². The Morgan fingerprint density at radius 2 is 2.17 bits per heavy atom. The van der Waals surface area contributed by atoms with E-state index in [1.807, 2.05) is 11.9 Å². The molecule has 2 amide bonds. The van der Waals surface area contributed by atoms with Gasteiger partial charge in [-0.25, -0.2) is 0 Å². The third kappa shape index (κ3) is 3.02. The molecular formula is C13H23N3O2. The zero-order valence-electron chi connectivity index (χ0n) is 11.2. The van der Waals surface area contributed by atoms with E-state index < -0.39 is 0 Å². The van der Waals surface area contributed by atoms with E-state index in [2.05, 4.69) is 5.32 Å². The van der Waals surface area contributed by atoms with E-state index in [1.165, 1.54) is 0 Å². The van der Waals surface area contributed by atoms with Crippen molar-refractivity contribution >= 4 is 11.8 Å². The van der Waals surface area contributed by atoms with Crippen molar-refractivity contribution in [2.75, 3.05) is 33.2 Å². The zero-order chi connectivity index (χ0) is 13.0. The molecule has 0 spiro atoms. The maximum atomic E-state index is 12.2. The van der Waals surface area contributed by atoms with Crippen molar-refractivity contribution < 1.29 is 9.59 Å². The Balaban J connectivity index is 1.88. The summed E-state index contributed by atoms with van der Waals surface area (Å²) in [5.41, 5.74) is 0. The fraction of sp³-hybridized carbons (Fsp3) is 0.846. The van der Waals surface area contributed by atoms with Crippen molar-refractivity contribution in [3.8, 4) is 0 Å². The molecule has 2 heterocycles. The Bertz CT molecular complexity index is 319. The smallest absolute Gasteiger partial charge is 0.242 e. The highest BCUT2D eigenvalue weighted by Gasteiger charge is 2.30. The number of hydrogen-bond donors (Lipinski definition) is 1. The minimum absolute atomic E-state index is 0.114. The molecule has 5 heteroatoms. The molecule has 0 radical (unpaired) electrons. The number of likely N-dealkylation sites (tertiary alicyclic amines) is 2. The quantitative estimate of drug-likeness (QED) is 0.779. The van der Waals surface area contributed by atoms with Crippen LogP contribution in [0.2, 0.25) is 0 Å². The van der Waals surface area contributed by atoms with Crippen LogP contribution < -0.4 is 5.32 Å². The first kappa shape index (κ1) is 13.3. The molecule has 0 aliphatic carbocycles. The number of amides is 2. The summed E-state index contributed by atoms with van der Waals surface area (Å²) >= 11 is 0. The Morgan fingerprint density at radius 1 is 1.33 bits per heavy atom. The average Bonchev–Trinajstić information content (AvgIpc) is 2.81. The van der Waals surface area contributed by atoms with Crippen molar-refractivity contribution in [2.45, 2.75) is 38.1 Å². The molecule has 0 aromatic rings. The molecule has 1 unspecified atom stereocenters. The topological polar surface area (TPSA) is 52.7 Å². The van der Waals surface area contributed by atoms with Gasteiger partial charge in [-0.1, -0.05) is 0 Å². The lowest BCUT2D eigenvalue weighted by molar-refractivity contribution is -0.142. The van der Waals surface area contributed by atoms with E-state index in [1.54, 1.807) is 4.90 Å². The molecule has 1 atom stereocenters. The van der Waals surface area contributed by atoms with Gasteiger partial charge in [0.15, 0.2) is 0 Å². The standard InChI is InChI=1S/C13H23N3O2/c1-14-9-11-5-4-8-16(11)13(18)10-15-7-3-2-6-12(15)17/h11,14H,2-10H2,1H3. The van der Waals surface area contributed by atoms with E-state index in [0.29, 0.717) is 12.5 Å². The van der Waals surface area contributed by atoms with Crippen LogP contribution in [0.15, 0.2) is 0 Å². The molecule has 2 aliphatic heterocycles. The van der Waals surface area contributed by atoms with Gasteiger partial charge in [0.2, 0.25) is 11.8 Å². The van der Waals surface area contributed by atoms with E-state index in [0.717, 1.165) is 45.3 Å². The molecule has 18 heavy (non-hydrogen) atoms. The number of piperidine rings is 1. The monoisotopic (exact) mass is 253 g/mol. The van der Waals surface area contributed by atoms with Gasteiger partial charge in [-0.2, -0.15) is 0 Å². The van der Waals surface area contributed by atoms with Gasteiger partial charge in [-0.15, -0.1) is 0 Å². The summed E-state index contributed by atoms with van der Waals surface area (Å²) in [5.74, 6) is 0.252. The number of nitrogens with one attached hydrogen (secondary N) is 1. The average molecular weight is 253 g/mol. The van der Waals surface area contributed by atoms with E-state index >= 15 is 0 Å². The molecule has 0 aromatic carbocycles. The van der Waals surface area contributed by atoms with Gasteiger partial charge < -0.3 is 15.1 Å². The maximum Gasteiger partial charge on any atom is 0.242 e. The van der Waals surface area contributed by atoms with Crippen LogP contribution in [0.5, 0.6) is 0 Å². The van der Waals surface area contributed by atoms with E-state index in [4.69, 9.17) is 0 Å². The van der Waals surface area contributed by atoms with Crippen LogP contribution in [0.3, 0.4) is 0 Å². The van der Waals surface area contributed by atoms with Crippen molar-refractivity contribution in [1.82, 2.24) is 15.1 Å². The van der Waals surface area contributed by atoms with Gasteiger partial charge in [-0.05, 0) is 32.7 Å². The summed E-state index contributed by atoms with van der Waals surface area (Å²) in [4.78, 5) is 27.6. The largest absolute Gasteiger partial charge is 0.337 e. The second kappa shape index (κ2) is 6.18. The fourth-order valence-electron chi connectivity index (χ4n) is 2.89. The highest BCUT2D eigenvalue weighted by molar-refractivity contribution is 5.85. The second-order valence-corrected chi connectivity index (χ2v) is 5.21. The summed E-state index contributed by atoms with van der Waals surface area (Å²) in [6.45, 7) is 2.71. The molecule has 0 saturated carbocycles. The Hall–Kier alpha value is -1.10. The lowest BCUT2D eigenvalue weighted by atomic mass is 10.1. The SMILES string of the molecule is CNCC1CCCN1C(=O)CN1CCCCC1=O. The summed E-state index contributed by atoms with van der Waals surface area (Å²) in [5, 5.41) is 3.13. The van der Waals surface area contributed by atoms with Crippen LogP contribution >= 0.6 is 0 Å². The van der Waals surface area contributed by atoms with Crippen molar-refractivity contribution in [3.05, 3.63) is 0 Å². The molecule has 5 nitrogen and oxygen atoms in total. The molecule has 1 N–H and O–H groups in total. The Kier molecular flexibility index (Phi) is 4.58. The van der Waals surface area contributed by atoms with Crippen LogP contribution in [-0.2, 0) is 9.59 Å². The fourth-order valence-corrected chi connectivity index (χ4v) is 2.89. The minimum Gasteiger partial charge on any atom is -0.337 e. The molecule has 0 aromatic heterocycles. The number of carbonyl (C=O) groups is 2. The molecule has 2 fully saturated rings. The summed E-state index contributed by atoms with van der Waals surface area (Å²) in [6.07, 6.45) is 4.74. The highest BCUT2D eigenvalue weighted by atomic mass is 16.2. The van der Waals surface area contributed by atoms with Crippen LogP contribution in [0.1, 0.15) is 32.1 Å². The van der Waals surface area contributed by atoms with Crippen LogP contribution in [0.4, 0.5) is 0 Å². The first-order valence-corrected chi connectivity index (χ1v) is 6.94. The lowest BCUT2D eigenvalue weighted by Crippen LogP contribution is -2.48. The van der Waals surface area contributed by atoms with Crippen molar-refractivity contribution in [3.63, 3.8) is 0 Å². The number of rotatable bonds is 4. The highest BCUT2D eigenvalue weighted by Crippen LogP contribution is 2.18. The van der Waals surface area contributed by atoms with Crippen LogP contribution in [-0.4, -0.2) is 60.9 Å². The van der Waals surface area contributed by atoms with Gasteiger partial charge in [0, 0.05) is 32.1 Å². The second-order valence-electron chi connectivity index (χ2n) is 5.21. The Labute approximate surface area is 108 Å². The number of nitrogens with zero attached hydrogens (tertiary/aromatic N) is 2. The third-order valence-corrected chi connectivity index (χ3v) is 3.88. The minimum atomic E-state index is 0.114. The van der Waals surface area contributed by atoms with Crippen molar-refractivity contribution in [2.24, 2.45) is 0 Å². The van der Waals surface area contributed by atoms with Gasteiger partial charge in [-0.3, -0.25) is 9.59 Å². The van der Waals surface area contributed by atoms with E-state index in [-0.39, 0.29) is 18.4 Å².